The van der Waals surface area contributed by atoms with Crippen LogP contribution in [0.25, 0.3) is 11.1 Å². The number of hydrogen-bond donors (Lipinski definition) is 2. The summed E-state index contributed by atoms with van der Waals surface area (Å²) in [5, 5.41) is 5.77. The number of aromatic nitrogens is 2. The maximum absolute atomic E-state index is 13.0. The number of ether oxygens (including phenoxy) is 2. The average Bonchev–Trinajstić information content (AvgIpc) is 3.67. The lowest BCUT2D eigenvalue weighted by Crippen LogP contribution is -2.39. The van der Waals surface area contributed by atoms with Crippen LogP contribution in [0, 0.1) is 0 Å². The number of benzene rings is 1. The number of methoxy groups -OCH3 is 1. The molecule has 258 valence electrons. The molecule has 1 saturated heterocycles. The van der Waals surface area contributed by atoms with Gasteiger partial charge in [-0.05, 0) is 74.1 Å². The van der Waals surface area contributed by atoms with E-state index in [-0.39, 0.29) is 30.4 Å². The fraction of sp³-hybridized carbons (Fsp3) is 0.378. The van der Waals surface area contributed by atoms with Gasteiger partial charge in [-0.3, -0.25) is 24.2 Å². The number of aldehydes is 1. The number of amides is 3. The molecule has 49 heavy (non-hydrogen) atoms. The molecule has 3 aromatic rings. The molecule has 2 aliphatic rings. The molecule has 0 spiro atoms. The summed E-state index contributed by atoms with van der Waals surface area (Å²) in [6.07, 6.45) is 13.0. The molecular formula is C37H44N6O6. The van der Waals surface area contributed by atoms with Crippen molar-refractivity contribution in [2.45, 2.75) is 57.6 Å². The second-order valence-corrected chi connectivity index (χ2v) is 12.4. The summed E-state index contributed by atoms with van der Waals surface area (Å²) in [5.74, 6) is 0.215. The molecule has 1 unspecified atom stereocenters. The number of carbonyl (C=O) groups is 4. The number of piperidine rings is 1. The maximum Gasteiger partial charge on any atom is 0.272 e. The van der Waals surface area contributed by atoms with Crippen LogP contribution in [0.2, 0.25) is 0 Å². The molecule has 0 saturated carbocycles. The lowest BCUT2D eigenvalue weighted by Gasteiger charge is -2.30. The van der Waals surface area contributed by atoms with Gasteiger partial charge < -0.3 is 34.1 Å². The molecule has 0 radical (unpaired) electrons. The van der Waals surface area contributed by atoms with Crippen molar-refractivity contribution in [3.05, 3.63) is 83.3 Å². The molecule has 3 amide bonds. The summed E-state index contributed by atoms with van der Waals surface area (Å²) in [4.78, 5) is 54.9. The third kappa shape index (κ3) is 8.82. The number of nitrogens with zero attached hydrogens (tertiary/aromatic N) is 4. The Morgan fingerprint density at radius 1 is 1.00 bits per heavy atom. The van der Waals surface area contributed by atoms with E-state index in [4.69, 9.17) is 14.5 Å². The summed E-state index contributed by atoms with van der Waals surface area (Å²) < 4.78 is 15.1. The van der Waals surface area contributed by atoms with Gasteiger partial charge >= 0.3 is 0 Å². The Balaban J connectivity index is 1.08. The van der Waals surface area contributed by atoms with Crippen molar-refractivity contribution in [1.29, 1.82) is 0 Å². The second-order valence-electron chi connectivity index (χ2n) is 12.4. The topological polar surface area (TPSA) is 136 Å². The molecule has 0 bridgehead atoms. The zero-order chi connectivity index (χ0) is 34.9. The van der Waals surface area contributed by atoms with E-state index in [9.17, 15) is 19.2 Å². The van der Waals surface area contributed by atoms with Gasteiger partial charge in [0, 0.05) is 75.6 Å². The Morgan fingerprint density at radius 3 is 2.51 bits per heavy atom. The minimum Gasteiger partial charge on any atom is -0.498 e. The van der Waals surface area contributed by atoms with Crippen molar-refractivity contribution in [3.63, 3.8) is 0 Å². The first kappa shape index (κ1) is 35.1. The zero-order valence-electron chi connectivity index (χ0n) is 28.5. The molecule has 2 aromatic heterocycles. The molecule has 5 rings (SSSR count). The molecule has 2 N–H and O–H groups in total. The highest BCUT2D eigenvalue weighted by atomic mass is 16.5. The van der Waals surface area contributed by atoms with Crippen molar-refractivity contribution in [2.24, 2.45) is 19.1 Å². The van der Waals surface area contributed by atoms with Crippen LogP contribution in [0.15, 0.2) is 76.9 Å². The van der Waals surface area contributed by atoms with Gasteiger partial charge in [-0.2, -0.15) is 0 Å². The van der Waals surface area contributed by atoms with E-state index >= 15 is 0 Å². The highest BCUT2D eigenvalue weighted by Crippen LogP contribution is 2.29. The predicted molar refractivity (Wildman–Crippen MR) is 189 cm³/mol. The summed E-state index contributed by atoms with van der Waals surface area (Å²) in [7, 11) is 5.17. The fourth-order valence-electron chi connectivity index (χ4n) is 6.10. The highest BCUT2D eigenvalue weighted by molar-refractivity contribution is 6.04. The number of allylic oxidation sites excluding steroid dienone is 2. The molecule has 1 aromatic carbocycles. The molecule has 1 fully saturated rings. The number of carbonyl (C=O) groups excluding carboxylic acids is 4. The van der Waals surface area contributed by atoms with Crippen LogP contribution in [-0.2, 0) is 33.2 Å². The van der Waals surface area contributed by atoms with Crippen LogP contribution in [0.3, 0.4) is 0 Å². The molecule has 2 atom stereocenters. The van der Waals surface area contributed by atoms with Gasteiger partial charge in [0.05, 0.1) is 24.5 Å². The Hall–Kier alpha value is -5.23. The normalized spacial score (nSPS) is 18.0. The van der Waals surface area contributed by atoms with E-state index in [2.05, 4.69) is 10.6 Å². The van der Waals surface area contributed by atoms with Gasteiger partial charge in [-0.1, -0.05) is 12.1 Å². The molecule has 3 heterocycles. The molecule has 12 heteroatoms. The standard InChI is InChI=1S/C37H44N6O6/c1-25-16-34(48-4)35(19-32(25)38-20-30-8-5-6-14-43(30)24-45)49-15-7-9-36(46)39-29-18-33(42(3)22-29)37(47)40-28-12-10-26(11-13-28)27-17-31(23-44)41(2)21-27/h10-13,16-18,20-24,30,35H,5-9,14-15,19H2,1-4H3,(H,39,46)(H,40,47)/t30-,35?/m1/s1. The summed E-state index contributed by atoms with van der Waals surface area (Å²) in [5.41, 5.74) is 5.83. The second kappa shape index (κ2) is 16.2. The third-order valence-electron chi connectivity index (χ3n) is 8.90. The van der Waals surface area contributed by atoms with Crippen LogP contribution in [0.5, 0.6) is 0 Å². The van der Waals surface area contributed by atoms with E-state index in [1.807, 2.05) is 50.7 Å². The van der Waals surface area contributed by atoms with Gasteiger partial charge in [-0.15, -0.1) is 0 Å². The molecular weight excluding hydrogens is 624 g/mol. The SMILES string of the molecule is COC1=CC(C)=C(N=C[C@H]2CCCCN2C=O)CC1OCCCC(=O)Nc1cc(C(=O)Nc2ccc(-c3cc(C=O)n(C)c3)cc2)n(C)c1. The Kier molecular flexibility index (Phi) is 11.6. The van der Waals surface area contributed by atoms with E-state index in [0.29, 0.717) is 48.0 Å². The van der Waals surface area contributed by atoms with E-state index in [0.717, 1.165) is 60.9 Å². The summed E-state index contributed by atoms with van der Waals surface area (Å²) in [6.45, 7) is 3.09. The van der Waals surface area contributed by atoms with Gasteiger partial charge in [0.25, 0.3) is 5.91 Å². The first-order valence-corrected chi connectivity index (χ1v) is 16.5. The number of nitrogens with one attached hydrogen (secondary N) is 2. The number of likely N-dealkylation sites (tertiary alicyclic amines) is 1. The van der Waals surface area contributed by atoms with Crippen molar-refractivity contribution < 1.29 is 28.7 Å². The lowest BCUT2D eigenvalue weighted by molar-refractivity contribution is -0.120. The Bertz CT molecular complexity index is 1770. The summed E-state index contributed by atoms with van der Waals surface area (Å²) >= 11 is 0. The minimum atomic E-state index is -0.322. The van der Waals surface area contributed by atoms with Gasteiger partial charge in [0.2, 0.25) is 12.3 Å². The fourth-order valence-corrected chi connectivity index (χ4v) is 6.10. The molecule has 1 aliphatic heterocycles. The van der Waals surface area contributed by atoms with E-state index < -0.39 is 0 Å². The first-order chi connectivity index (χ1) is 23.7. The van der Waals surface area contributed by atoms with Crippen molar-refractivity contribution >= 4 is 42.1 Å². The van der Waals surface area contributed by atoms with Crippen molar-refractivity contribution in [2.75, 3.05) is 30.9 Å². The number of anilines is 2. The highest BCUT2D eigenvalue weighted by Gasteiger charge is 2.25. The largest absolute Gasteiger partial charge is 0.498 e. The summed E-state index contributed by atoms with van der Waals surface area (Å²) in [6, 6.07) is 10.8. The minimum absolute atomic E-state index is 0.00490. The average molecular weight is 669 g/mol. The van der Waals surface area contributed by atoms with Crippen LogP contribution in [0.1, 0.15) is 66.4 Å². The Labute approximate surface area is 286 Å². The van der Waals surface area contributed by atoms with Gasteiger partial charge in [-0.25, -0.2) is 0 Å². The first-order valence-electron chi connectivity index (χ1n) is 16.5. The van der Waals surface area contributed by atoms with Crippen LogP contribution in [-0.4, -0.2) is 77.2 Å². The molecule has 12 nitrogen and oxygen atoms in total. The predicted octanol–water partition coefficient (Wildman–Crippen LogP) is 5.49. The third-order valence-corrected chi connectivity index (χ3v) is 8.90. The number of aryl methyl sites for hydroxylation is 2. The molecule has 1 aliphatic carbocycles. The number of hydrogen-bond acceptors (Lipinski definition) is 7. The lowest BCUT2D eigenvalue weighted by atomic mass is 10.00. The van der Waals surface area contributed by atoms with Crippen LogP contribution < -0.4 is 10.6 Å². The monoisotopic (exact) mass is 668 g/mol. The van der Waals surface area contributed by atoms with E-state index in [1.165, 1.54) is 0 Å². The van der Waals surface area contributed by atoms with Crippen LogP contribution in [0.4, 0.5) is 11.4 Å². The van der Waals surface area contributed by atoms with Crippen molar-refractivity contribution in [1.82, 2.24) is 14.0 Å². The zero-order valence-corrected chi connectivity index (χ0v) is 28.5. The maximum atomic E-state index is 13.0. The van der Waals surface area contributed by atoms with Crippen molar-refractivity contribution in [3.8, 4) is 11.1 Å². The van der Waals surface area contributed by atoms with Gasteiger partial charge in [0.15, 0.2) is 6.29 Å². The Morgan fingerprint density at radius 2 is 1.80 bits per heavy atom. The van der Waals surface area contributed by atoms with Gasteiger partial charge in [0.1, 0.15) is 17.6 Å². The smallest absolute Gasteiger partial charge is 0.272 e. The number of aliphatic imine (C=N–C) groups is 1. The quantitative estimate of drug-likeness (QED) is 0.133. The van der Waals surface area contributed by atoms with E-state index in [1.54, 1.807) is 52.6 Å². The van der Waals surface area contributed by atoms with Crippen LogP contribution >= 0.6 is 0 Å². The number of rotatable bonds is 14.